The van der Waals surface area contributed by atoms with Crippen molar-refractivity contribution in [1.82, 2.24) is 5.32 Å². The Balaban J connectivity index is 2.06. The van der Waals surface area contributed by atoms with Crippen LogP contribution < -0.4 is 5.32 Å². The molecule has 5 nitrogen and oxygen atoms in total. The van der Waals surface area contributed by atoms with Crippen LogP contribution in [0.1, 0.15) is 51.2 Å². The van der Waals surface area contributed by atoms with Crippen LogP contribution in [0.3, 0.4) is 0 Å². The zero-order valence-corrected chi connectivity index (χ0v) is 18.1. The number of ether oxygens (including phenoxy) is 1. The number of benzene rings is 2. The number of amides is 1. The number of hydrogen-bond acceptors (Lipinski definition) is 4. The molecule has 0 heterocycles. The molecule has 0 aromatic heterocycles. The summed E-state index contributed by atoms with van der Waals surface area (Å²) in [5.74, 6) is -3.83. The Bertz CT molecular complexity index is 918. The number of ketones is 1. The van der Waals surface area contributed by atoms with Crippen LogP contribution in [0.5, 0.6) is 0 Å². The summed E-state index contributed by atoms with van der Waals surface area (Å²) >= 11 is 0. The van der Waals surface area contributed by atoms with Crippen molar-refractivity contribution in [2.45, 2.75) is 58.1 Å². The van der Waals surface area contributed by atoms with E-state index in [0.29, 0.717) is 11.6 Å². The molecule has 0 bridgehead atoms. The van der Waals surface area contributed by atoms with Gasteiger partial charge in [-0.15, -0.1) is 0 Å². The Morgan fingerprint density at radius 2 is 1.58 bits per heavy atom. The van der Waals surface area contributed by atoms with Crippen molar-refractivity contribution in [3.05, 3.63) is 71.3 Å². The largest absolute Gasteiger partial charge is 0.459 e. The molecule has 0 aliphatic rings. The molecule has 0 spiro atoms. The van der Waals surface area contributed by atoms with Gasteiger partial charge in [-0.1, -0.05) is 30.3 Å². The SMILES string of the molecule is C[C@H](NC(=O)Cc1cc(F)cc(F)c1)C(=O)CC(C(=O)OC(C)(C)C)c1ccccc1. The molecule has 2 rings (SSSR count). The molecular weight excluding hydrogens is 404 g/mol. The van der Waals surface area contributed by atoms with Gasteiger partial charge in [-0.25, -0.2) is 8.78 Å². The highest BCUT2D eigenvalue weighted by Gasteiger charge is 2.30. The average molecular weight is 431 g/mol. The van der Waals surface area contributed by atoms with Crippen LogP contribution in [-0.2, 0) is 25.5 Å². The van der Waals surface area contributed by atoms with E-state index < -0.39 is 41.1 Å². The Hall–Kier alpha value is -3.09. The van der Waals surface area contributed by atoms with Gasteiger partial charge in [0.1, 0.15) is 17.2 Å². The predicted octanol–water partition coefficient (Wildman–Crippen LogP) is 4.10. The Morgan fingerprint density at radius 1 is 1.00 bits per heavy atom. The third kappa shape index (κ3) is 7.92. The predicted molar refractivity (Wildman–Crippen MR) is 112 cm³/mol. The molecule has 0 fully saturated rings. The highest BCUT2D eigenvalue weighted by molar-refractivity contribution is 5.93. The fourth-order valence-electron chi connectivity index (χ4n) is 3.04. The van der Waals surface area contributed by atoms with Crippen LogP contribution in [0.4, 0.5) is 8.78 Å². The van der Waals surface area contributed by atoms with Crippen molar-refractivity contribution in [1.29, 1.82) is 0 Å². The molecule has 2 aromatic rings. The number of nitrogens with one attached hydrogen (secondary N) is 1. The number of halogens is 2. The zero-order valence-electron chi connectivity index (χ0n) is 18.1. The van der Waals surface area contributed by atoms with E-state index in [9.17, 15) is 23.2 Å². The van der Waals surface area contributed by atoms with Crippen molar-refractivity contribution in [2.75, 3.05) is 0 Å². The first-order valence-corrected chi connectivity index (χ1v) is 9.99. The van der Waals surface area contributed by atoms with Gasteiger partial charge in [-0.2, -0.15) is 0 Å². The molecule has 2 atom stereocenters. The second-order valence-corrected chi connectivity index (χ2v) is 8.41. The molecule has 166 valence electrons. The molecule has 0 saturated carbocycles. The molecule has 1 amide bonds. The van der Waals surface area contributed by atoms with Gasteiger partial charge in [-0.05, 0) is 51.0 Å². The third-order valence-corrected chi connectivity index (χ3v) is 4.45. The summed E-state index contributed by atoms with van der Waals surface area (Å²) in [7, 11) is 0. The first-order valence-electron chi connectivity index (χ1n) is 9.99. The van der Waals surface area contributed by atoms with Crippen LogP contribution in [0.25, 0.3) is 0 Å². The lowest BCUT2D eigenvalue weighted by Crippen LogP contribution is -2.40. The van der Waals surface area contributed by atoms with E-state index >= 15 is 0 Å². The van der Waals surface area contributed by atoms with Gasteiger partial charge in [0, 0.05) is 12.5 Å². The summed E-state index contributed by atoms with van der Waals surface area (Å²) < 4.78 is 32.1. The molecule has 0 aliphatic carbocycles. The highest BCUT2D eigenvalue weighted by Crippen LogP contribution is 2.25. The van der Waals surface area contributed by atoms with Crippen LogP contribution in [0, 0.1) is 11.6 Å². The fourth-order valence-corrected chi connectivity index (χ4v) is 3.04. The maximum atomic E-state index is 13.3. The van der Waals surface area contributed by atoms with Gasteiger partial charge in [-0.3, -0.25) is 14.4 Å². The molecule has 7 heteroatoms. The molecule has 0 aliphatic heterocycles. The summed E-state index contributed by atoms with van der Waals surface area (Å²) in [6.45, 7) is 6.73. The summed E-state index contributed by atoms with van der Waals surface area (Å²) in [6, 6.07) is 10.8. The minimum Gasteiger partial charge on any atom is -0.459 e. The number of hydrogen-bond donors (Lipinski definition) is 1. The zero-order chi connectivity index (χ0) is 23.2. The summed E-state index contributed by atoms with van der Waals surface area (Å²) in [5.41, 5.74) is 0.0807. The van der Waals surface area contributed by atoms with E-state index in [1.54, 1.807) is 51.1 Å². The quantitative estimate of drug-likeness (QED) is 0.639. The van der Waals surface area contributed by atoms with Crippen molar-refractivity contribution in [2.24, 2.45) is 0 Å². The number of carbonyl (C=O) groups is 3. The lowest BCUT2D eigenvalue weighted by Gasteiger charge is -2.24. The molecule has 31 heavy (non-hydrogen) atoms. The minimum atomic E-state index is -0.889. The van der Waals surface area contributed by atoms with Gasteiger partial charge < -0.3 is 10.1 Å². The van der Waals surface area contributed by atoms with Gasteiger partial charge in [0.2, 0.25) is 5.91 Å². The maximum Gasteiger partial charge on any atom is 0.314 e. The van der Waals surface area contributed by atoms with Gasteiger partial charge >= 0.3 is 5.97 Å². The minimum absolute atomic E-state index is 0.158. The first-order chi connectivity index (χ1) is 14.4. The number of rotatable bonds is 8. The van der Waals surface area contributed by atoms with E-state index in [4.69, 9.17) is 4.74 Å². The van der Waals surface area contributed by atoms with Crippen molar-refractivity contribution in [3.8, 4) is 0 Å². The molecule has 0 saturated heterocycles. The van der Waals surface area contributed by atoms with Gasteiger partial charge in [0.05, 0.1) is 18.4 Å². The van der Waals surface area contributed by atoms with Crippen LogP contribution in [0.15, 0.2) is 48.5 Å². The standard InChI is InChI=1S/C24H27F2NO4/c1-15(27-22(29)12-16-10-18(25)13-19(26)11-16)21(28)14-20(17-8-6-5-7-9-17)23(30)31-24(2,3)4/h5-11,13,15,20H,12,14H2,1-4H3,(H,27,29)/t15-,20?/m0/s1. The topological polar surface area (TPSA) is 72.5 Å². The van der Waals surface area contributed by atoms with E-state index in [1.807, 2.05) is 0 Å². The van der Waals surface area contributed by atoms with Crippen LogP contribution in [-0.4, -0.2) is 29.3 Å². The normalized spacial score (nSPS) is 13.2. The average Bonchev–Trinajstić information content (AvgIpc) is 2.64. The maximum absolute atomic E-state index is 13.3. The van der Waals surface area contributed by atoms with Gasteiger partial charge in [0.25, 0.3) is 0 Å². The number of Topliss-reactive ketones (excluding diaryl/α,β-unsaturated/α-hetero) is 1. The molecule has 1 N–H and O–H groups in total. The van der Waals surface area contributed by atoms with Crippen molar-refractivity contribution in [3.63, 3.8) is 0 Å². The summed E-state index contributed by atoms with van der Waals surface area (Å²) in [6.07, 6.45) is -0.435. The Labute approximate surface area is 180 Å². The highest BCUT2D eigenvalue weighted by atomic mass is 19.1. The number of esters is 1. The lowest BCUT2D eigenvalue weighted by molar-refractivity contribution is -0.157. The van der Waals surface area contributed by atoms with E-state index in [1.165, 1.54) is 6.92 Å². The van der Waals surface area contributed by atoms with Crippen LogP contribution >= 0.6 is 0 Å². The second kappa shape index (κ2) is 10.3. The smallest absolute Gasteiger partial charge is 0.314 e. The van der Waals surface area contributed by atoms with E-state index in [-0.39, 0.29) is 24.2 Å². The van der Waals surface area contributed by atoms with Gasteiger partial charge in [0.15, 0.2) is 5.78 Å². The fraction of sp³-hybridized carbons (Fsp3) is 0.375. The molecular formula is C24H27F2NO4. The van der Waals surface area contributed by atoms with Crippen molar-refractivity contribution >= 4 is 17.7 Å². The number of carbonyl (C=O) groups excluding carboxylic acids is 3. The van der Waals surface area contributed by atoms with Crippen LogP contribution in [0.2, 0.25) is 0 Å². The first kappa shape index (κ1) is 24.2. The third-order valence-electron chi connectivity index (χ3n) is 4.45. The summed E-state index contributed by atoms with van der Waals surface area (Å²) in [4.78, 5) is 37.7. The Morgan fingerprint density at radius 3 is 2.13 bits per heavy atom. The lowest BCUT2D eigenvalue weighted by atomic mass is 9.91. The Kier molecular flexibility index (Phi) is 8.02. The summed E-state index contributed by atoms with van der Waals surface area (Å²) in [5, 5.41) is 2.53. The van der Waals surface area contributed by atoms with E-state index in [2.05, 4.69) is 5.32 Å². The van der Waals surface area contributed by atoms with Crippen molar-refractivity contribution < 1.29 is 27.9 Å². The molecule has 2 aromatic carbocycles. The second-order valence-electron chi connectivity index (χ2n) is 8.41. The molecule has 1 unspecified atom stereocenters. The monoisotopic (exact) mass is 431 g/mol. The van der Waals surface area contributed by atoms with E-state index in [0.717, 1.165) is 12.1 Å². The molecule has 0 radical (unpaired) electrons.